The number of carboxylic acid groups (broad SMARTS) is 1. The first-order valence-electron chi connectivity index (χ1n) is 3.11. The lowest BCUT2D eigenvalue weighted by molar-refractivity contribution is 0.0695. The molecule has 13 heavy (non-hydrogen) atoms. The van der Waals surface area contributed by atoms with Crippen LogP contribution in [0.3, 0.4) is 0 Å². The first-order chi connectivity index (χ1) is 5.95. The number of aromatic carboxylic acids is 1. The number of hydrogen-bond donors (Lipinski definition) is 2. The highest BCUT2D eigenvalue weighted by molar-refractivity contribution is 14.1. The normalized spacial score (nSPS) is 10.1. The summed E-state index contributed by atoms with van der Waals surface area (Å²) in [6.07, 6.45) is 0. The van der Waals surface area contributed by atoms with Crippen LogP contribution >= 0.6 is 67.8 Å². The Kier molecular flexibility index (Phi) is 4.04. The number of rotatable bonds is 1. The van der Waals surface area contributed by atoms with Crippen LogP contribution in [0.1, 0.15) is 10.4 Å². The van der Waals surface area contributed by atoms with Gasteiger partial charge >= 0.3 is 5.97 Å². The van der Waals surface area contributed by atoms with Gasteiger partial charge in [-0.15, -0.1) is 0 Å². The smallest absolute Gasteiger partial charge is 0.336 e. The van der Waals surface area contributed by atoms with Gasteiger partial charge in [0.05, 0.1) is 14.8 Å². The third kappa shape index (κ3) is 2.37. The van der Waals surface area contributed by atoms with Crippen LogP contribution < -0.4 is 5.73 Å². The molecule has 0 amide bonds. The highest BCUT2D eigenvalue weighted by atomic mass is 127. The Balaban J connectivity index is 3.50. The number of benzene rings is 1. The Labute approximate surface area is 116 Å². The van der Waals surface area contributed by atoms with Crippen LogP contribution in [-0.2, 0) is 0 Å². The molecular weight excluding hydrogens is 511 g/mol. The van der Waals surface area contributed by atoms with E-state index in [4.69, 9.17) is 10.8 Å². The lowest BCUT2D eigenvalue weighted by Gasteiger charge is -2.07. The molecule has 0 aliphatic rings. The van der Waals surface area contributed by atoms with Gasteiger partial charge in [-0.2, -0.15) is 0 Å². The molecule has 3 nitrogen and oxygen atoms in total. The number of halogens is 3. The lowest BCUT2D eigenvalue weighted by atomic mass is 10.2. The Morgan fingerprint density at radius 1 is 1.31 bits per heavy atom. The van der Waals surface area contributed by atoms with Gasteiger partial charge in [-0.25, -0.2) is 4.79 Å². The minimum absolute atomic E-state index is 0.309. The van der Waals surface area contributed by atoms with Crippen molar-refractivity contribution in [1.29, 1.82) is 0 Å². The number of nitrogen functional groups attached to an aromatic ring is 1. The molecule has 0 saturated heterocycles. The second kappa shape index (κ2) is 4.47. The van der Waals surface area contributed by atoms with Crippen LogP contribution in [-0.4, -0.2) is 11.1 Å². The monoisotopic (exact) mass is 515 g/mol. The van der Waals surface area contributed by atoms with Crippen LogP contribution in [0.5, 0.6) is 0 Å². The largest absolute Gasteiger partial charge is 0.478 e. The molecule has 6 heteroatoms. The first-order valence-corrected chi connectivity index (χ1v) is 6.35. The van der Waals surface area contributed by atoms with Crippen molar-refractivity contribution in [2.24, 2.45) is 0 Å². The van der Waals surface area contributed by atoms with Crippen molar-refractivity contribution < 1.29 is 9.90 Å². The standard InChI is InChI=1S/C7H4I3NO2/c8-3-1-2(7(12)13)4(9)5(10)6(3)11/h1H,11H2,(H,12,13). The topological polar surface area (TPSA) is 63.3 Å². The van der Waals surface area contributed by atoms with Gasteiger partial charge in [0.15, 0.2) is 0 Å². The van der Waals surface area contributed by atoms with E-state index in [0.717, 1.165) is 7.14 Å². The van der Waals surface area contributed by atoms with Crippen LogP contribution in [0.25, 0.3) is 0 Å². The molecule has 0 aromatic heterocycles. The van der Waals surface area contributed by atoms with E-state index in [9.17, 15) is 4.79 Å². The molecule has 0 bridgehead atoms. The van der Waals surface area contributed by atoms with Gasteiger partial charge in [-0.1, -0.05) is 0 Å². The van der Waals surface area contributed by atoms with E-state index in [-0.39, 0.29) is 0 Å². The average Bonchev–Trinajstić information content (AvgIpc) is 2.07. The molecule has 1 aromatic rings. The summed E-state index contributed by atoms with van der Waals surface area (Å²) in [5.41, 5.74) is 6.70. The maximum absolute atomic E-state index is 10.8. The summed E-state index contributed by atoms with van der Waals surface area (Å²) in [5.74, 6) is -0.916. The highest BCUT2D eigenvalue weighted by Crippen LogP contribution is 2.29. The second-order valence-corrected chi connectivity index (χ2v) is 5.57. The predicted octanol–water partition coefficient (Wildman–Crippen LogP) is 2.78. The van der Waals surface area contributed by atoms with E-state index in [1.807, 2.05) is 45.2 Å². The zero-order valence-electron chi connectivity index (χ0n) is 6.14. The number of carboxylic acids is 1. The third-order valence-electron chi connectivity index (χ3n) is 1.42. The Morgan fingerprint density at radius 2 is 1.85 bits per heavy atom. The van der Waals surface area contributed by atoms with Gasteiger partial charge in [0, 0.05) is 7.14 Å². The van der Waals surface area contributed by atoms with Crippen LogP contribution in [0, 0.1) is 10.7 Å². The Hall–Kier alpha value is 0.680. The SMILES string of the molecule is Nc1c(I)cc(C(=O)O)c(I)c1I. The van der Waals surface area contributed by atoms with Gasteiger partial charge in [0.25, 0.3) is 0 Å². The molecule has 0 spiro atoms. The van der Waals surface area contributed by atoms with Crippen molar-refractivity contribution in [3.8, 4) is 0 Å². The minimum atomic E-state index is -0.916. The fourth-order valence-electron chi connectivity index (χ4n) is 0.765. The van der Waals surface area contributed by atoms with Gasteiger partial charge in [-0.05, 0) is 73.8 Å². The molecule has 1 aromatic carbocycles. The van der Waals surface area contributed by atoms with Crippen LogP contribution in [0.4, 0.5) is 5.69 Å². The molecule has 0 unspecified atom stereocenters. The molecule has 70 valence electrons. The molecule has 0 fully saturated rings. The van der Waals surface area contributed by atoms with Gasteiger partial charge in [0.2, 0.25) is 0 Å². The fourth-order valence-corrected chi connectivity index (χ4v) is 3.12. The maximum Gasteiger partial charge on any atom is 0.336 e. The molecule has 0 heterocycles. The van der Waals surface area contributed by atoms with Crippen molar-refractivity contribution in [2.75, 3.05) is 5.73 Å². The highest BCUT2D eigenvalue weighted by Gasteiger charge is 2.15. The molecule has 0 radical (unpaired) electrons. The third-order valence-corrected chi connectivity index (χ3v) is 5.59. The van der Waals surface area contributed by atoms with Crippen molar-refractivity contribution in [1.82, 2.24) is 0 Å². The minimum Gasteiger partial charge on any atom is -0.478 e. The van der Waals surface area contributed by atoms with Crippen LogP contribution in [0.2, 0.25) is 0 Å². The average molecular weight is 515 g/mol. The summed E-state index contributed by atoms with van der Waals surface area (Å²) in [5, 5.41) is 8.85. The van der Waals surface area contributed by atoms with E-state index in [1.165, 1.54) is 0 Å². The predicted molar refractivity (Wildman–Crippen MR) is 76.0 cm³/mol. The van der Waals surface area contributed by atoms with E-state index in [1.54, 1.807) is 6.07 Å². The number of nitrogens with two attached hydrogens (primary N) is 1. The van der Waals surface area contributed by atoms with Crippen molar-refractivity contribution in [3.63, 3.8) is 0 Å². The molecule has 0 aliphatic carbocycles. The molecule has 0 saturated carbocycles. The zero-order chi connectivity index (χ0) is 10.2. The Morgan fingerprint density at radius 3 is 2.31 bits per heavy atom. The summed E-state index contributed by atoms with van der Waals surface area (Å²) >= 11 is 6.07. The van der Waals surface area contributed by atoms with E-state index >= 15 is 0 Å². The summed E-state index contributed by atoms with van der Waals surface area (Å²) < 4.78 is 2.28. The summed E-state index contributed by atoms with van der Waals surface area (Å²) in [7, 11) is 0. The van der Waals surface area contributed by atoms with Crippen LogP contribution in [0.15, 0.2) is 6.07 Å². The van der Waals surface area contributed by atoms with E-state index in [0.29, 0.717) is 14.8 Å². The first kappa shape index (κ1) is 11.8. The van der Waals surface area contributed by atoms with Gasteiger partial charge in [0.1, 0.15) is 0 Å². The lowest BCUT2D eigenvalue weighted by Crippen LogP contribution is -2.05. The van der Waals surface area contributed by atoms with Crippen molar-refractivity contribution >= 4 is 79.4 Å². The number of carbonyl (C=O) groups is 1. The van der Waals surface area contributed by atoms with E-state index < -0.39 is 5.97 Å². The summed E-state index contributed by atoms with van der Waals surface area (Å²) in [4.78, 5) is 10.8. The molecular formula is C7H4I3NO2. The summed E-state index contributed by atoms with van der Waals surface area (Å²) in [6.45, 7) is 0. The zero-order valence-corrected chi connectivity index (χ0v) is 12.6. The van der Waals surface area contributed by atoms with Crippen molar-refractivity contribution in [3.05, 3.63) is 22.3 Å². The molecule has 0 aliphatic heterocycles. The summed E-state index contributed by atoms with van der Waals surface area (Å²) in [6, 6.07) is 1.59. The number of hydrogen-bond acceptors (Lipinski definition) is 2. The fraction of sp³-hybridized carbons (Fsp3) is 0. The number of anilines is 1. The molecule has 1 rings (SSSR count). The van der Waals surface area contributed by atoms with Gasteiger partial charge < -0.3 is 10.8 Å². The van der Waals surface area contributed by atoms with Crippen molar-refractivity contribution in [2.45, 2.75) is 0 Å². The van der Waals surface area contributed by atoms with E-state index in [2.05, 4.69) is 22.6 Å². The molecule has 3 N–H and O–H groups in total. The quantitative estimate of drug-likeness (QED) is 0.344. The van der Waals surface area contributed by atoms with Gasteiger partial charge in [-0.3, -0.25) is 0 Å². The Bertz CT molecular complexity index is 378. The maximum atomic E-state index is 10.8. The molecule has 0 atom stereocenters. The second-order valence-electron chi connectivity index (χ2n) is 2.25.